The van der Waals surface area contributed by atoms with Crippen molar-refractivity contribution in [3.8, 4) is 11.5 Å². The lowest BCUT2D eigenvalue weighted by atomic mass is 10.2. The summed E-state index contributed by atoms with van der Waals surface area (Å²) < 4.78 is 16.0. The van der Waals surface area contributed by atoms with E-state index in [9.17, 15) is 4.79 Å². The van der Waals surface area contributed by atoms with Crippen LogP contribution in [0, 0.1) is 0 Å². The van der Waals surface area contributed by atoms with Crippen LogP contribution in [-0.4, -0.2) is 39.4 Å². The standard InChI is InChI=1S/C15H22ClNO4/c1-4-7-21-14-12(16)9-11(10-13(14)20-5-2)15(18)17-6-8-19-3/h9-10H,4-8H2,1-3H3,(H,17,18). The van der Waals surface area contributed by atoms with Gasteiger partial charge in [-0.05, 0) is 25.5 Å². The van der Waals surface area contributed by atoms with Crippen molar-refractivity contribution in [2.45, 2.75) is 20.3 Å². The molecule has 5 nitrogen and oxygen atoms in total. The van der Waals surface area contributed by atoms with Crippen molar-refractivity contribution in [3.05, 3.63) is 22.7 Å². The second-order valence-corrected chi connectivity index (χ2v) is 4.72. The van der Waals surface area contributed by atoms with Gasteiger partial charge in [-0.15, -0.1) is 0 Å². The molecule has 21 heavy (non-hydrogen) atoms. The number of nitrogens with one attached hydrogen (secondary N) is 1. The highest BCUT2D eigenvalue weighted by molar-refractivity contribution is 6.32. The van der Waals surface area contributed by atoms with Crippen molar-refractivity contribution in [1.82, 2.24) is 5.32 Å². The summed E-state index contributed by atoms with van der Waals surface area (Å²) in [5, 5.41) is 3.11. The van der Waals surface area contributed by atoms with Gasteiger partial charge in [0.15, 0.2) is 11.5 Å². The first-order valence-corrected chi connectivity index (χ1v) is 7.38. The normalized spacial score (nSPS) is 10.3. The molecule has 0 fully saturated rings. The first kappa shape index (κ1) is 17.6. The molecule has 0 bridgehead atoms. The molecule has 1 aromatic rings. The number of methoxy groups -OCH3 is 1. The predicted molar refractivity (Wildman–Crippen MR) is 82.6 cm³/mol. The Hall–Kier alpha value is -1.46. The molecule has 6 heteroatoms. The molecule has 0 heterocycles. The van der Waals surface area contributed by atoms with E-state index in [4.69, 9.17) is 25.8 Å². The van der Waals surface area contributed by atoms with Gasteiger partial charge in [-0.2, -0.15) is 0 Å². The summed E-state index contributed by atoms with van der Waals surface area (Å²) in [6.45, 7) is 5.77. The van der Waals surface area contributed by atoms with Crippen LogP contribution >= 0.6 is 11.6 Å². The molecule has 0 aromatic heterocycles. The average molecular weight is 316 g/mol. The van der Waals surface area contributed by atoms with Crippen molar-refractivity contribution in [3.63, 3.8) is 0 Å². The van der Waals surface area contributed by atoms with E-state index in [2.05, 4.69) is 5.32 Å². The molecule has 0 unspecified atom stereocenters. The Bertz CT molecular complexity index is 465. The van der Waals surface area contributed by atoms with E-state index in [1.165, 1.54) is 0 Å². The number of hydrogen-bond donors (Lipinski definition) is 1. The minimum Gasteiger partial charge on any atom is -0.490 e. The molecule has 0 aliphatic rings. The van der Waals surface area contributed by atoms with Crippen molar-refractivity contribution in [2.75, 3.05) is 33.5 Å². The molecule has 0 aliphatic carbocycles. The van der Waals surface area contributed by atoms with Crippen LogP contribution < -0.4 is 14.8 Å². The molecule has 1 rings (SSSR count). The van der Waals surface area contributed by atoms with Gasteiger partial charge in [0, 0.05) is 19.2 Å². The molecule has 0 saturated heterocycles. The quantitative estimate of drug-likeness (QED) is 0.712. The zero-order valence-corrected chi connectivity index (χ0v) is 13.5. The van der Waals surface area contributed by atoms with Crippen molar-refractivity contribution in [2.24, 2.45) is 0 Å². The molecule has 1 aromatic carbocycles. The van der Waals surface area contributed by atoms with E-state index in [1.807, 2.05) is 13.8 Å². The maximum Gasteiger partial charge on any atom is 0.251 e. The molecule has 0 atom stereocenters. The van der Waals surface area contributed by atoms with E-state index in [0.29, 0.717) is 48.5 Å². The largest absolute Gasteiger partial charge is 0.490 e. The van der Waals surface area contributed by atoms with Gasteiger partial charge in [0.05, 0.1) is 24.8 Å². The van der Waals surface area contributed by atoms with Crippen LogP contribution in [0.5, 0.6) is 11.5 Å². The summed E-state index contributed by atoms with van der Waals surface area (Å²) in [6, 6.07) is 3.22. The first-order chi connectivity index (χ1) is 10.1. The molecule has 0 spiro atoms. The Morgan fingerprint density at radius 2 is 2.00 bits per heavy atom. The molecule has 1 N–H and O–H groups in total. The maximum absolute atomic E-state index is 12.0. The van der Waals surface area contributed by atoms with Crippen LogP contribution in [0.1, 0.15) is 30.6 Å². The number of carbonyl (C=O) groups is 1. The van der Waals surface area contributed by atoms with Crippen LogP contribution in [0.15, 0.2) is 12.1 Å². The fraction of sp³-hybridized carbons (Fsp3) is 0.533. The highest BCUT2D eigenvalue weighted by Gasteiger charge is 2.16. The number of benzene rings is 1. The van der Waals surface area contributed by atoms with Gasteiger partial charge in [0.1, 0.15) is 0 Å². The lowest BCUT2D eigenvalue weighted by Crippen LogP contribution is -2.27. The number of halogens is 1. The van der Waals surface area contributed by atoms with E-state index < -0.39 is 0 Å². The van der Waals surface area contributed by atoms with E-state index in [-0.39, 0.29) is 5.91 Å². The zero-order valence-electron chi connectivity index (χ0n) is 12.7. The molecule has 0 saturated carbocycles. The Morgan fingerprint density at radius 1 is 1.24 bits per heavy atom. The van der Waals surface area contributed by atoms with Gasteiger partial charge in [-0.25, -0.2) is 0 Å². The number of hydrogen-bond acceptors (Lipinski definition) is 4. The van der Waals surface area contributed by atoms with Crippen LogP contribution in [0.4, 0.5) is 0 Å². The SMILES string of the molecule is CCCOc1c(Cl)cc(C(=O)NCCOC)cc1OCC. The Kier molecular flexibility index (Phi) is 7.93. The van der Waals surface area contributed by atoms with Crippen LogP contribution in [0.3, 0.4) is 0 Å². The third kappa shape index (κ3) is 5.44. The lowest BCUT2D eigenvalue weighted by Gasteiger charge is -2.14. The van der Waals surface area contributed by atoms with E-state index in [0.717, 1.165) is 6.42 Å². The summed E-state index contributed by atoms with van der Waals surface area (Å²) in [7, 11) is 1.58. The lowest BCUT2D eigenvalue weighted by molar-refractivity contribution is 0.0936. The number of carbonyl (C=O) groups excluding carboxylic acids is 1. The zero-order chi connectivity index (χ0) is 15.7. The monoisotopic (exact) mass is 315 g/mol. The Balaban J connectivity index is 2.94. The predicted octanol–water partition coefficient (Wildman–Crippen LogP) is 2.90. The highest BCUT2D eigenvalue weighted by atomic mass is 35.5. The molecule has 0 radical (unpaired) electrons. The third-order valence-electron chi connectivity index (χ3n) is 2.61. The van der Waals surface area contributed by atoms with Crippen LogP contribution in [0.25, 0.3) is 0 Å². The van der Waals surface area contributed by atoms with Gasteiger partial charge in [0.25, 0.3) is 5.91 Å². The van der Waals surface area contributed by atoms with E-state index >= 15 is 0 Å². The van der Waals surface area contributed by atoms with Gasteiger partial charge in [-0.1, -0.05) is 18.5 Å². The molecular weight excluding hydrogens is 294 g/mol. The summed E-state index contributed by atoms with van der Waals surface area (Å²) in [5.41, 5.74) is 0.434. The summed E-state index contributed by atoms with van der Waals surface area (Å²) in [6.07, 6.45) is 0.862. The Labute approximate surface area is 130 Å². The highest BCUT2D eigenvalue weighted by Crippen LogP contribution is 2.36. The fourth-order valence-electron chi connectivity index (χ4n) is 1.67. The summed E-state index contributed by atoms with van der Waals surface area (Å²) in [5.74, 6) is 0.737. The minimum atomic E-state index is -0.225. The molecule has 1 amide bonds. The average Bonchev–Trinajstić information content (AvgIpc) is 2.46. The fourth-order valence-corrected chi connectivity index (χ4v) is 1.94. The van der Waals surface area contributed by atoms with Crippen molar-refractivity contribution >= 4 is 17.5 Å². The molecular formula is C15H22ClNO4. The molecule has 118 valence electrons. The number of amides is 1. The van der Waals surface area contributed by atoms with Crippen molar-refractivity contribution < 1.29 is 19.0 Å². The van der Waals surface area contributed by atoms with E-state index in [1.54, 1.807) is 19.2 Å². The van der Waals surface area contributed by atoms with Crippen LogP contribution in [-0.2, 0) is 4.74 Å². The Morgan fingerprint density at radius 3 is 2.62 bits per heavy atom. The first-order valence-electron chi connectivity index (χ1n) is 7.00. The van der Waals surface area contributed by atoms with Gasteiger partial charge in [0.2, 0.25) is 0 Å². The smallest absolute Gasteiger partial charge is 0.251 e. The maximum atomic E-state index is 12.0. The van der Waals surface area contributed by atoms with Gasteiger partial charge >= 0.3 is 0 Å². The topological polar surface area (TPSA) is 56.8 Å². The minimum absolute atomic E-state index is 0.225. The van der Waals surface area contributed by atoms with Gasteiger partial charge in [-0.3, -0.25) is 4.79 Å². The second kappa shape index (κ2) is 9.47. The number of rotatable bonds is 9. The summed E-state index contributed by atoms with van der Waals surface area (Å²) >= 11 is 6.20. The second-order valence-electron chi connectivity index (χ2n) is 4.32. The van der Waals surface area contributed by atoms with Crippen molar-refractivity contribution in [1.29, 1.82) is 0 Å². The van der Waals surface area contributed by atoms with Crippen LogP contribution in [0.2, 0.25) is 5.02 Å². The third-order valence-corrected chi connectivity index (χ3v) is 2.89. The summed E-state index contributed by atoms with van der Waals surface area (Å²) in [4.78, 5) is 12.0. The van der Waals surface area contributed by atoms with Gasteiger partial charge < -0.3 is 19.5 Å². The number of ether oxygens (including phenoxy) is 3. The molecule has 0 aliphatic heterocycles.